The lowest BCUT2D eigenvalue weighted by Crippen LogP contribution is -2.50. The summed E-state index contributed by atoms with van der Waals surface area (Å²) in [6.07, 6.45) is 9.07. The molecule has 146 valence electrons. The molecule has 25 heavy (non-hydrogen) atoms. The van der Waals surface area contributed by atoms with Crippen molar-refractivity contribution in [1.29, 1.82) is 0 Å². The van der Waals surface area contributed by atoms with Crippen molar-refractivity contribution < 1.29 is 4.74 Å². The molecule has 2 rings (SSSR count). The summed E-state index contributed by atoms with van der Waals surface area (Å²) in [4.78, 5) is 7.11. The van der Waals surface area contributed by atoms with E-state index in [9.17, 15) is 0 Å². The highest BCUT2D eigenvalue weighted by Gasteiger charge is 2.36. The van der Waals surface area contributed by atoms with Gasteiger partial charge in [0.1, 0.15) is 0 Å². The first-order chi connectivity index (χ1) is 12.1. The van der Waals surface area contributed by atoms with Crippen LogP contribution in [-0.2, 0) is 4.74 Å². The molecule has 0 aromatic heterocycles. The van der Waals surface area contributed by atoms with Gasteiger partial charge in [0, 0.05) is 39.9 Å². The third-order valence-electron chi connectivity index (χ3n) is 6.01. The van der Waals surface area contributed by atoms with Crippen molar-refractivity contribution in [2.45, 2.75) is 64.8 Å². The number of rotatable bonds is 10. The summed E-state index contributed by atoms with van der Waals surface area (Å²) in [7, 11) is 3.68. The topological polar surface area (TPSA) is 48.9 Å². The van der Waals surface area contributed by atoms with E-state index in [0.29, 0.717) is 11.5 Å². The smallest absolute Gasteiger partial charge is 0.191 e. The second kappa shape index (κ2) is 10.4. The number of nitrogens with zero attached hydrogens (tertiary/aromatic N) is 2. The van der Waals surface area contributed by atoms with Gasteiger partial charge in [0.2, 0.25) is 0 Å². The van der Waals surface area contributed by atoms with Gasteiger partial charge in [-0.25, -0.2) is 0 Å². The first kappa shape index (κ1) is 20.5. The maximum atomic E-state index is 5.30. The summed E-state index contributed by atoms with van der Waals surface area (Å²) >= 11 is 0. The number of aliphatic imine (C=N–C) groups is 1. The molecule has 0 aromatic carbocycles. The molecule has 1 heterocycles. The standard InChI is InChI=1S/C20H40N4O/c1-17(2)14-18(24-11-5-6-12-24)15-22-19(21-3)23-16-20(8-7-9-20)10-13-25-4/h17-18H,5-16H2,1-4H3,(H2,21,22,23). The fourth-order valence-electron chi connectivity index (χ4n) is 4.23. The second-order valence-electron chi connectivity index (χ2n) is 8.43. The molecule has 1 aliphatic heterocycles. The van der Waals surface area contributed by atoms with Crippen LogP contribution in [0, 0.1) is 11.3 Å². The highest BCUT2D eigenvalue weighted by Crippen LogP contribution is 2.43. The lowest BCUT2D eigenvalue weighted by Gasteiger charge is -2.42. The van der Waals surface area contributed by atoms with Gasteiger partial charge in [-0.2, -0.15) is 0 Å². The minimum absolute atomic E-state index is 0.417. The summed E-state index contributed by atoms with van der Waals surface area (Å²) in [5.41, 5.74) is 0.417. The summed E-state index contributed by atoms with van der Waals surface area (Å²) in [5.74, 6) is 1.69. The normalized spacial score (nSPS) is 22.0. The quantitative estimate of drug-likeness (QED) is 0.469. The van der Waals surface area contributed by atoms with E-state index in [1.54, 1.807) is 7.11 Å². The van der Waals surface area contributed by atoms with Gasteiger partial charge in [-0.1, -0.05) is 20.3 Å². The van der Waals surface area contributed by atoms with Crippen LogP contribution in [0.15, 0.2) is 4.99 Å². The van der Waals surface area contributed by atoms with E-state index in [-0.39, 0.29) is 0 Å². The lowest BCUT2D eigenvalue weighted by molar-refractivity contribution is 0.0732. The summed E-state index contributed by atoms with van der Waals surface area (Å²) in [5, 5.41) is 7.18. The number of guanidine groups is 1. The first-order valence-corrected chi connectivity index (χ1v) is 10.3. The molecule has 1 aliphatic carbocycles. The molecule has 0 bridgehead atoms. The Morgan fingerprint density at radius 3 is 2.40 bits per heavy atom. The van der Waals surface area contributed by atoms with Crippen molar-refractivity contribution in [3.05, 3.63) is 0 Å². The van der Waals surface area contributed by atoms with Gasteiger partial charge < -0.3 is 15.4 Å². The zero-order chi connectivity index (χ0) is 18.1. The predicted molar refractivity (Wildman–Crippen MR) is 106 cm³/mol. The van der Waals surface area contributed by atoms with Crippen molar-refractivity contribution in [2.24, 2.45) is 16.3 Å². The number of hydrogen-bond acceptors (Lipinski definition) is 3. The van der Waals surface area contributed by atoms with Crippen molar-refractivity contribution >= 4 is 5.96 Å². The van der Waals surface area contributed by atoms with Crippen LogP contribution in [0.4, 0.5) is 0 Å². The summed E-state index contributed by atoms with van der Waals surface area (Å²) in [6.45, 7) is 10.0. The minimum Gasteiger partial charge on any atom is -0.385 e. The summed E-state index contributed by atoms with van der Waals surface area (Å²) in [6, 6.07) is 0.618. The van der Waals surface area contributed by atoms with Crippen LogP contribution in [0.2, 0.25) is 0 Å². The number of methoxy groups -OCH3 is 1. The van der Waals surface area contributed by atoms with Crippen LogP contribution in [0.25, 0.3) is 0 Å². The Balaban J connectivity index is 1.79. The number of ether oxygens (including phenoxy) is 1. The van der Waals surface area contributed by atoms with Gasteiger partial charge in [-0.3, -0.25) is 9.89 Å². The molecule has 1 saturated heterocycles. The van der Waals surface area contributed by atoms with Crippen LogP contribution in [0.1, 0.15) is 58.8 Å². The zero-order valence-corrected chi connectivity index (χ0v) is 16.9. The molecular weight excluding hydrogens is 312 g/mol. The van der Waals surface area contributed by atoms with Crippen LogP contribution in [-0.4, -0.2) is 63.8 Å². The van der Waals surface area contributed by atoms with Crippen molar-refractivity contribution in [3.63, 3.8) is 0 Å². The van der Waals surface area contributed by atoms with Gasteiger partial charge in [-0.15, -0.1) is 0 Å². The predicted octanol–water partition coefficient (Wildman–Crippen LogP) is 2.87. The minimum atomic E-state index is 0.417. The molecule has 2 fully saturated rings. The molecule has 2 N–H and O–H groups in total. The SMILES string of the molecule is CN=C(NCC(CC(C)C)N1CCCC1)NCC1(CCOC)CCC1. The zero-order valence-electron chi connectivity index (χ0n) is 16.9. The Labute approximate surface area is 155 Å². The first-order valence-electron chi connectivity index (χ1n) is 10.3. The number of hydrogen-bond donors (Lipinski definition) is 2. The molecule has 2 aliphatic rings. The second-order valence-corrected chi connectivity index (χ2v) is 8.43. The van der Waals surface area contributed by atoms with Gasteiger partial charge >= 0.3 is 0 Å². The molecule has 1 saturated carbocycles. The molecule has 0 amide bonds. The lowest BCUT2D eigenvalue weighted by atomic mass is 9.67. The van der Waals surface area contributed by atoms with Crippen LogP contribution >= 0.6 is 0 Å². The van der Waals surface area contributed by atoms with E-state index in [1.807, 2.05) is 7.05 Å². The maximum Gasteiger partial charge on any atom is 0.191 e. The van der Waals surface area contributed by atoms with Gasteiger partial charge in [0.25, 0.3) is 0 Å². The Kier molecular flexibility index (Phi) is 8.50. The molecule has 5 heteroatoms. The Bertz CT molecular complexity index is 401. The average Bonchev–Trinajstić information content (AvgIpc) is 3.09. The molecular formula is C20H40N4O. The van der Waals surface area contributed by atoms with E-state index in [0.717, 1.165) is 38.0 Å². The van der Waals surface area contributed by atoms with Crippen molar-refractivity contribution in [1.82, 2.24) is 15.5 Å². The van der Waals surface area contributed by atoms with Gasteiger partial charge in [-0.05, 0) is 62.9 Å². The Morgan fingerprint density at radius 2 is 1.88 bits per heavy atom. The molecule has 0 radical (unpaired) electrons. The van der Waals surface area contributed by atoms with E-state index in [2.05, 4.69) is 34.4 Å². The average molecular weight is 353 g/mol. The number of likely N-dealkylation sites (tertiary alicyclic amines) is 1. The molecule has 1 unspecified atom stereocenters. The van der Waals surface area contributed by atoms with Crippen LogP contribution < -0.4 is 10.6 Å². The summed E-state index contributed by atoms with van der Waals surface area (Å²) < 4.78 is 5.30. The van der Waals surface area contributed by atoms with E-state index in [1.165, 1.54) is 51.6 Å². The maximum absolute atomic E-state index is 5.30. The van der Waals surface area contributed by atoms with E-state index in [4.69, 9.17) is 4.74 Å². The molecule has 5 nitrogen and oxygen atoms in total. The monoisotopic (exact) mass is 352 g/mol. The molecule has 1 atom stereocenters. The highest BCUT2D eigenvalue weighted by atomic mass is 16.5. The largest absolute Gasteiger partial charge is 0.385 e. The third-order valence-corrected chi connectivity index (χ3v) is 6.01. The van der Waals surface area contributed by atoms with E-state index >= 15 is 0 Å². The van der Waals surface area contributed by atoms with Crippen LogP contribution in [0.5, 0.6) is 0 Å². The Hall–Kier alpha value is -0.810. The fourth-order valence-corrected chi connectivity index (χ4v) is 4.23. The number of nitrogens with one attached hydrogen (secondary N) is 2. The van der Waals surface area contributed by atoms with Gasteiger partial charge in [0.05, 0.1) is 0 Å². The van der Waals surface area contributed by atoms with Crippen LogP contribution in [0.3, 0.4) is 0 Å². The van der Waals surface area contributed by atoms with Gasteiger partial charge in [0.15, 0.2) is 5.96 Å². The molecule has 0 aromatic rings. The molecule has 0 spiro atoms. The van der Waals surface area contributed by atoms with Crippen molar-refractivity contribution in [2.75, 3.05) is 46.9 Å². The highest BCUT2D eigenvalue weighted by molar-refractivity contribution is 5.79. The van der Waals surface area contributed by atoms with E-state index < -0.39 is 0 Å². The Morgan fingerprint density at radius 1 is 1.16 bits per heavy atom. The third kappa shape index (κ3) is 6.45. The fraction of sp³-hybridized carbons (Fsp3) is 0.950. The van der Waals surface area contributed by atoms with Crippen molar-refractivity contribution in [3.8, 4) is 0 Å².